The molecule has 6 nitrogen and oxygen atoms in total. The van der Waals surface area contributed by atoms with Crippen molar-refractivity contribution in [2.24, 2.45) is 7.05 Å². The van der Waals surface area contributed by atoms with E-state index in [-0.39, 0.29) is 0 Å². The average molecular weight is 364 g/mol. The number of imidazole rings is 1. The van der Waals surface area contributed by atoms with Gasteiger partial charge in [0.15, 0.2) is 5.82 Å². The number of piperidine rings is 1. The van der Waals surface area contributed by atoms with E-state index in [4.69, 9.17) is 0 Å². The topological polar surface area (TPSA) is 51.8 Å². The van der Waals surface area contributed by atoms with Crippen molar-refractivity contribution in [1.29, 1.82) is 0 Å². The Morgan fingerprint density at radius 1 is 1.11 bits per heavy atom. The molecule has 4 rings (SSSR count). The van der Waals surface area contributed by atoms with E-state index in [1.165, 1.54) is 24.0 Å². The number of hydrogen-bond acceptors (Lipinski definition) is 4. The molecule has 0 N–H and O–H groups in total. The van der Waals surface area contributed by atoms with Crippen molar-refractivity contribution in [2.45, 2.75) is 45.7 Å². The van der Waals surface area contributed by atoms with E-state index in [9.17, 15) is 0 Å². The Kier molecular flexibility index (Phi) is 5.07. The third-order valence-corrected chi connectivity index (χ3v) is 5.76. The molecule has 1 saturated heterocycles. The van der Waals surface area contributed by atoms with E-state index < -0.39 is 0 Å². The Morgan fingerprint density at radius 3 is 2.74 bits per heavy atom. The second-order valence-electron chi connectivity index (χ2n) is 7.64. The van der Waals surface area contributed by atoms with Crippen LogP contribution in [0.3, 0.4) is 0 Å². The molecule has 1 fully saturated rings. The lowest BCUT2D eigenvalue weighted by Gasteiger charge is -2.32. The number of likely N-dealkylation sites (tertiary alicyclic amines) is 1. The minimum Gasteiger partial charge on any atom is -0.328 e. The smallest absolute Gasteiger partial charge is 0.152 e. The molecular formula is C21H28N6. The molecule has 6 heteroatoms. The highest BCUT2D eigenvalue weighted by Gasteiger charge is 2.26. The Balaban J connectivity index is 1.47. The number of hydrogen-bond donors (Lipinski definition) is 0. The Bertz CT molecular complexity index is 909. The molecule has 0 amide bonds. The van der Waals surface area contributed by atoms with Crippen molar-refractivity contribution in [3.05, 3.63) is 65.3 Å². The summed E-state index contributed by atoms with van der Waals surface area (Å²) < 4.78 is 4.29. The van der Waals surface area contributed by atoms with Gasteiger partial charge in [-0.3, -0.25) is 4.90 Å². The van der Waals surface area contributed by atoms with Crippen LogP contribution in [0.4, 0.5) is 0 Å². The number of aryl methyl sites for hydroxylation is 2. The third kappa shape index (κ3) is 3.81. The molecule has 1 aromatic carbocycles. The van der Waals surface area contributed by atoms with Crippen LogP contribution in [0, 0.1) is 13.8 Å². The Labute approximate surface area is 160 Å². The first-order valence-corrected chi connectivity index (χ1v) is 9.74. The number of nitrogens with zero attached hydrogens (tertiary/aromatic N) is 6. The second kappa shape index (κ2) is 7.64. The van der Waals surface area contributed by atoms with Gasteiger partial charge >= 0.3 is 0 Å². The van der Waals surface area contributed by atoms with Crippen molar-refractivity contribution in [3.63, 3.8) is 0 Å². The maximum Gasteiger partial charge on any atom is 0.152 e. The monoisotopic (exact) mass is 364 g/mol. The SMILES string of the molecule is Cc1ccccc1CN1CCC[C@H](c2nnc(Cn3ccnc3C)n2C)C1. The predicted molar refractivity (Wildman–Crippen MR) is 106 cm³/mol. The highest BCUT2D eigenvalue weighted by molar-refractivity contribution is 5.25. The summed E-state index contributed by atoms with van der Waals surface area (Å²) in [7, 11) is 2.09. The van der Waals surface area contributed by atoms with Gasteiger partial charge in [-0.15, -0.1) is 10.2 Å². The van der Waals surface area contributed by atoms with Crippen molar-refractivity contribution >= 4 is 0 Å². The van der Waals surface area contributed by atoms with Crippen LogP contribution >= 0.6 is 0 Å². The number of benzene rings is 1. The lowest BCUT2D eigenvalue weighted by Crippen LogP contribution is -2.35. The first kappa shape index (κ1) is 17.9. The van der Waals surface area contributed by atoms with Gasteiger partial charge in [0.25, 0.3) is 0 Å². The first-order valence-electron chi connectivity index (χ1n) is 9.74. The molecule has 0 bridgehead atoms. The van der Waals surface area contributed by atoms with Gasteiger partial charge in [-0.05, 0) is 44.4 Å². The fourth-order valence-electron chi connectivity index (χ4n) is 4.03. The maximum atomic E-state index is 4.56. The summed E-state index contributed by atoms with van der Waals surface area (Å²) in [6.45, 7) is 8.15. The van der Waals surface area contributed by atoms with E-state index in [2.05, 4.69) is 67.5 Å². The van der Waals surface area contributed by atoms with Crippen molar-refractivity contribution in [1.82, 2.24) is 29.2 Å². The van der Waals surface area contributed by atoms with Gasteiger partial charge in [-0.25, -0.2) is 4.98 Å². The zero-order valence-corrected chi connectivity index (χ0v) is 16.5. The van der Waals surface area contributed by atoms with Crippen LogP contribution < -0.4 is 0 Å². The lowest BCUT2D eigenvalue weighted by atomic mass is 9.96. The van der Waals surface area contributed by atoms with Crippen LogP contribution in [-0.4, -0.2) is 42.3 Å². The summed E-state index contributed by atoms with van der Waals surface area (Å²) in [4.78, 5) is 6.86. The van der Waals surface area contributed by atoms with Gasteiger partial charge in [0, 0.05) is 38.4 Å². The molecule has 1 aliphatic rings. The molecule has 1 atom stereocenters. The first-order chi connectivity index (χ1) is 13.1. The van der Waals surface area contributed by atoms with E-state index in [1.54, 1.807) is 0 Å². The van der Waals surface area contributed by atoms with Crippen LogP contribution in [-0.2, 0) is 20.1 Å². The minimum atomic E-state index is 0.443. The van der Waals surface area contributed by atoms with Gasteiger partial charge in [-0.2, -0.15) is 0 Å². The second-order valence-corrected chi connectivity index (χ2v) is 7.64. The molecule has 0 unspecified atom stereocenters. The van der Waals surface area contributed by atoms with Crippen LogP contribution in [0.15, 0.2) is 36.7 Å². The zero-order chi connectivity index (χ0) is 18.8. The van der Waals surface area contributed by atoms with Crippen LogP contribution in [0.5, 0.6) is 0 Å². The molecule has 3 heterocycles. The van der Waals surface area contributed by atoms with E-state index in [0.29, 0.717) is 5.92 Å². The largest absolute Gasteiger partial charge is 0.328 e. The van der Waals surface area contributed by atoms with Crippen LogP contribution in [0.1, 0.15) is 47.4 Å². The molecule has 0 saturated carbocycles. The molecule has 27 heavy (non-hydrogen) atoms. The number of aromatic nitrogens is 5. The molecule has 0 aliphatic carbocycles. The van der Waals surface area contributed by atoms with Crippen molar-refractivity contribution in [2.75, 3.05) is 13.1 Å². The van der Waals surface area contributed by atoms with Gasteiger partial charge in [0.05, 0.1) is 6.54 Å². The molecule has 1 aliphatic heterocycles. The minimum absolute atomic E-state index is 0.443. The third-order valence-electron chi connectivity index (χ3n) is 5.76. The van der Waals surface area contributed by atoms with Crippen molar-refractivity contribution < 1.29 is 0 Å². The van der Waals surface area contributed by atoms with E-state index in [1.807, 2.05) is 19.3 Å². The predicted octanol–water partition coefficient (Wildman–Crippen LogP) is 3.06. The summed E-state index contributed by atoms with van der Waals surface area (Å²) in [5, 5.41) is 9.04. The zero-order valence-electron chi connectivity index (χ0n) is 16.5. The fourth-order valence-corrected chi connectivity index (χ4v) is 4.03. The average Bonchev–Trinajstić information content (AvgIpc) is 3.24. The summed E-state index contributed by atoms with van der Waals surface area (Å²) >= 11 is 0. The van der Waals surface area contributed by atoms with Gasteiger partial charge in [-0.1, -0.05) is 24.3 Å². The standard InChI is InChI=1S/C21H28N6/c1-16-7-4-5-8-18(16)13-26-11-6-9-19(14-26)21-24-23-20(25(21)3)15-27-12-10-22-17(27)2/h4-5,7-8,10,12,19H,6,9,11,13-15H2,1-3H3/t19-/m0/s1. The molecule has 2 aromatic heterocycles. The summed E-state index contributed by atoms with van der Waals surface area (Å²) in [5.41, 5.74) is 2.80. The summed E-state index contributed by atoms with van der Waals surface area (Å²) in [5.74, 6) is 3.54. The normalized spacial score (nSPS) is 18.1. The summed E-state index contributed by atoms with van der Waals surface area (Å²) in [6, 6.07) is 8.69. The Morgan fingerprint density at radius 2 is 1.96 bits per heavy atom. The maximum absolute atomic E-state index is 4.56. The summed E-state index contributed by atoms with van der Waals surface area (Å²) in [6.07, 6.45) is 6.21. The van der Waals surface area contributed by atoms with Crippen molar-refractivity contribution in [3.8, 4) is 0 Å². The molecular weight excluding hydrogens is 336 g/mol. The van der Waals surface area contributed by atoms with Gasteiger partial charge in [0.1, 0.15) is 11.6 Å². The highest BCUT2D eigenvalue weighted by Crippen LogP contribution is 2.27. The molecule has 142 valence electrons. The van der Waals surface area contributed by atoms with E-state index >= 15 is 0 Å². The van der Waals surface area contributed by atoms with Crippen LogP contribution in [0.2, 0.25) is 0 Å². The lowest BCUT2D eigenvalue weighted by molar-refractivity contribution is 0.194. The Hall–Kier alpha value is -2.47. The quantitative estimate of drug-likeness (QED) is 0.698. The van der Waals surface area contributed by atoms with E-state index in [0.717, 1.165) is 43.7 Å². The number of rotatable bonds is 5. The fraction of sp³-hybridized carbons (Fsp3) is 0.476. The molecule has 0 radical (unpaired) electrons. The van der Waals surface area contributed by atoms with Gasteiger partial charge in [0.2, 0.25) is 0 Å². The van der Waals surface area contributed by atoms with Gasteiger partial charge < -0.3 is 9.13 Å². The van der Waals surface area contributed by atoms with Crippen LogP contribution in [0.25, 0.3) is 0 Å². The highest BCUT2D eigenvalue weighted by atomic mass is 15.3. The molecule has 0 spiro atoms. The molecule has 3 aromatic rings.